The highest BCUT2D eigenvalue weighted by Crippen LogP contribution is 2.31. The summed E-state index contributed by atoms with van der Waals surface area (Å²) in [6.07, 6.45) is 2.54. The third-order valence-corrected chi connectivity index (χ3v) is 4.37. The zero-order chi connectivity index (χ0) is 18.0. The van der Waals surface area contributed by atoms with Gasteiger partial charge in [0.1, 0.15) is 5.82 Å². The van der Waals surface area contributed by atoms with Gasteiger partial charge in [-0.25, -0.2) is 9.78 Å². The van der Waals surface area contributed by atoms with E-state index in [-0.39, 0.29) is 17.9 Å². The van der Waals surface area contributed by atoms with Gasteiger partial charge in [-0.1, -0.05) is 18.2 Å². The molecule has 0 saturated heterocycles. The Hall–Kier alpha value is -2.89. The molecule has 1 heterocycles. The summed E-state index contributed by atoms with van der Waals surface area (Å²) in [4.78, 5) is 26.9. The maximum absolute atomic E-state index is 11.9. The molecular weight excluding hydrogens is 318 g/mol. The van der Waals surface area contributed by atoms with Gasteiger partial charge in [0.15, 0.2) is 0 Å². The number of pyridine rings is 1. The Morgan fingerprint density at radius 1 is 1.20 bits per heavy atom. The van der Waals surface area contributed by atoms with E-state index in [4.69, 9.17) is 5.11 Å². The van der Waals surface area contributed by atoms with Crippen LogP contribution in [-0.4, -0.2) is 22.1 Å². The van der Waals surface area contributed by atoms with Crippen LogP contribution in [-0.2, 0) is 4.79 Å². The molecule has 1 fully saturated rings. The zero-order valence-electron chi connectivity index (χ0n) is 14.2. The molecule has 1 saturated carbocycles. The molecule has 3 N–H and O–H groups in total. The van der Waals surface area contributed by atoms with Gasteiger partial charge in [0.25, 0.3) is 0 Å². The summed E-state index contributed by atoms with van der Waals surface area (Å²) in [6.45, 7) is 3.77. The lowest BCUT2D eigenvalue weighted by Gasteiger charge is -2.16. The predicted molar refractivity (Wildman–Crippen MR) is 95.3 cm³/mol. The van der Waals surface area contributed by atoms with E-state index >= 15 is 0 Å². The Balaban J connectivity index is 1.80. The van der Waals surface area contributed by atoms with E-state index in [0.717, 1.165) is 35.1 Å². The van der Waals surface area contributed by atoms with E-state index in [9.17, 15) is 9.59 Å². The summed E-state index contributed by atoms with van der Waals surface area (Å²) in [5, 5.41) is 14.2. The summed E-state index contributed by atoms with van der Waals surface area (Å²) >= 11 is 0. The fourth-order valence-corrected chi connectivity index (χ4v) is 2.86. The second-order valence-corrected chi connectivity index (χ2v) is 6.44. The van der Waals surface area contributed by atoms with Crippen molar-refractivity contribution in [1.82, 2.24) is 10.3 Å². The van der Waals surface area contributed by atoms with Crippen LogP contribution in [0.2, 0.25) is 0 Å². The number of rotatable bonds is 5. The van der Waals surface area contributed by atoms with Crippen LogP contribution in [0.3, 0.4) is 0 Å². The number of carboxylic acid groups (broad SMARTS) is 1. The Morgan fingerprint density at radius 2 is 1.92 bits per heavy atom. The normalized spacial score (nSPS) is 14.6. The van der Waals surface area contributed by atoms with Gasteiger partial charge in [0, 0.05) is 12.1 Å². The maximum atomic E-state index is 11.9. The number of hydrogen-bond donors (Lipinski definition) is 3. The van der Waals surface area contributed by atoms with Crippen molar-refractivity contribution in [2.24, 2.45) is 5.92 Å². The van der Waals surface area contributed by atoms with Crippen LogP contribution < -0.4 is 10.6 Å². The van der Waals surface area contributed by atoms with Crippen LogP contribution >= 0.6 is 0 Å². The van der Waals surface area contributed by atoms with E-state index in [1.165, 1.54) is 0 Å². The highest BCUT2D eigenvalue weighted by Gasteiger charge is 2.29. The second-order valence-electron chi connectivity index (χ2n) is 6.44. The van der Waals surface area contributed by atoms with Gasteiger partial charge in [-0.15, -0.1) is 0 Å². The lowest BCUT2D eigenvalue weighted by molar-refractivity contribution is -0.117. The molecule has 130 valence electrons. The SMILES string of the molecule is Cc1cc(-c2ccnc(NC(=O)C3CC3)c2)ccc1C(C)NC(=O)O. The molecule has 1 aromatic heterocycles. The number of carbonyl (C=O) groups is 2. The monoisotopic (exact) mass is 339 g/mol. The smallest absolute Gasteiger partial charge is 0.405 e. The van der Waals surface area contributed by atoms with Gasteiger partial charge >= 0.3 is 6.09 Å². The molecule has 1 aliphatic rings. The number of aryl methyl sites for hydroxylation is 1. The molecule has 0 spiro atoms. The molecule has 0 bridgehead atoms. The largest absolute Gasteiger partial charge is 0.465 e. The van der Waals surface area contributed by atoms with Gasteiger partial charge < -0.3 is 15.7 Å². The van der Waals surface area contributed by atoms with E-state index < -0.39 is 6.09 Å². The first kappa shape index (κ1) is 17.0. The molecule has 2 amide bonds. The van der Waals surface area contributed by atoms with Crippen LogP contribution in [0.1, 0.15) is 36.9 Å². The van der Waals surface area contributed by atoms with Crippen molar-refractivity contribution in [3.8, 4) is 11.1 Å². The van der Waals surface area contributed by atoms with E-state index in [1.54, 1.807) is 6.20 Å². The topological polar surface area (TPSA) is 91.3 Å². The summed E-state index contributed by atoms with van der Waals surface area (Å²) in [6, 6.07) is 9.35. The first-order valence-electron chi connectivity index (χ1n) is 8.31. The van der Waals surface area contributed by atoms with Gasteiger partial charge in [-0.3, -0.25) is 4.79 Å². The van der Waals surface area contributed by atoms with Gasteiger partial charge in [-0.05, 0) is 61.1 Å². The molecule has 25 heavy (non-hydrogen) atoms. The molecule has 6 heteroatoms. The molecule has 3 rings (SSSR count). The number of benzene rings is 1. The van der Waals surface area contributed by atoms with Gasteiger partial charge in [0.2, 0.25) is 5.91 Å². The minimum absolute atomic E-state index is 0.0322. The number of hydrogen-bond acceptors (Lipinski definition) is 3. The molecule has 1 aromatic carbocycles. The number of aromatic nitrogens is 1. The van der Waals surface area contributed by atoms with Crippen molar-refractivity contribution in [1.29, 1.82) is 0 Å². The fraction of sp³-hybridized carbons (Fsp3) is 0.316. The lowest BCUT2D eigenvalue weighted by Crippen LogP contribution is -2.24. The third kappa shape index (κ3) is 4.15. The van der Waals surface area contributed by atoms with Crippen LogP contribution in [0.25, 0.3) is 11.1 Å². The Kier molecular flexibility index (Phi) is 4.70. The number of nitrogens with zero attached hydrogens (tertiary/aromatic N) is 1. The molecule has 1 aliphatic carbocycles. The standard InChI is InChI=1S/C19H21N3O3/c1-11-9-14(5-6-16(11)12(2)21-19(24)25)15-7-8-20-17(10-15)22-18(23)13-3-4-13/h5-10,12-13,21H,3-4H2,1-2H3,(H,24,25)(H,20,22,23). The first-order chi connectivity index (χ1) is 11.9. The molecule has 1 unspecified atom stereocenters. The number of nitrogens with one attached hydrogen (secondary N) is 2. The Morgan fingerprint density at radius 3 is 2.56 bits per heavy atom. The molecule has 0 aliphatic heterocycles. The number of carbonyl (C=O) groups excluding carboxylic acids is 1. The second kappa shape index (κ2) is 6.93. The molecule has 0 radical (unpaired) electrons. The summed E-state index contributed by atoms with van der Waals surface area (Å²) < 4.78 is 0. The average Bonchev–Trinajstić information content (AvgIpc) is 3.39. The predicted octanol–water partition coefficient (Wildman–Crippen LogP) is 3.73. The van der Waals surface area contributed by atoms with Gasteiger partial charge in [-0.2, -0.15) is 0 Å². The molecule has 1 atom stereocenters. The zero-order valence-corrected chi connectivity index (χ0v) is 14.2. The summed E-state index contributed by atoms with van der Waals surface area (Å²) in [7, 11) is 0. The molecular formula is C19H21N3O3. The lowest BCUT2D eigenvalue weighted by atomic mass is 9.97. The number of amides is 2. The van der Waals surface area contributed by atoms with Crippen LogP contribution in [0, 0.1) is 12.8 Å². The van der Waals surface area contributed by atoms with Crippen LogP contribution in [0.4, 0.5) is 10.6 Å². The van der Waals surface area contributed by atoms with Crippen LogP contribution in [0.15, 0.2) is 36.5 Å². The van der Waals surface area contributed by atoms with Crippen molar-refractivity contribution in [3.05, 3.63) is 47.7 Å². The number of anilines is 1. The Labute approximate surface area is 146 Å². The van der Waals surface area contributed by atoms with Crippen molar-refractivity contribution < 1.29 is 14.7 Å². The van der Waals surface area contributed by atoms with Crippen LogP contribution in [0.5, 0.6) is 0 Å². The Bertz CT molecular complexity index is 815. The third-order valence-electron chi connectivity index (χ3n) is 4.37. The van der Waals surface area contributed by atoms with E-state index in [0.29, 0.717) is 5.82 Å². The minimum atomic E-state index is -1.04. The quantitative estimate of drug-likeness (QED) is 0.774. The highest BCUT2D eigenvalue weighted by molar-refractivity contribution is 5.93. The van der Waals surface area contributed by atoms with Crippen molar-refractivity contribution in [2.45, 2.75) is 32.7 Å². The fourth-order valence-electron chi connectivity index (χ4n) is 2.86. The van der Waals surface area contributed by atoms with E-state index in [1.807, 2.05) is 44.2 Å². The van der Waals surface area contributed by atoms with Crippen molar-refractivity contribution in [2.75, 3.05) is 5.32 Å². The van der Waals surface area contributed by atoms with Gasteiger partial charge in [0.05, 0.1) is 6.04 Å². The first-order valence-corrected chi connectivity index (χ1v) is 8.31. The average molecular weight is 339 g/mol. The molecule has 6 nitrogen and oxygen atoms in total. The van der Waals surface area contributed by atoms with E-state index in [2.05, 4.69) is 15.6 Å². The minimum Gasteiger partial charge on any atom is -0.465 e. The maximum Gasteiger partial charge on any atom is 0.405 e. The summed E-state index contributed by atoms with van der Waals surface area (Å²) in [5.74, 6) is 0.719. The van der Waals surface area contributed by atoms with Crippen molar-refractivity contribution >= 4 is 17.8 Å². The molecule has 2 aromatic rings. The highest BCUT2D eigenvalue weighted by atomic mass is 16.4. The summed E-state index contributed by atoms with van der Waals surface area (Å²) in [5.41, 5.74) is 3.88. The van der Waals surface area contributed by atoms with Crippen molar-refractivity contribution in [3.63, 3.8) is 0 Å².